The summed E-state index contributed by atoms with van der Waals surface area (Å²) in [6, 6.07) is 11.0. The van der Waals surface area contributed by atoms with Gasteiger partial charge in [0.2, 0.25) is 5.78 Å². The largest absolute Gasteiger partial charge is 0.496 e. The van der Waals surface area contributed by atoms with Crippen LogP contribution < -0.4 is 10.1 Å². The van der Waals surface area contributed by atoms with Crippen LogP contribution in [0, 0.1) is 11.7 Å². The summed E-state index contributed by atoms with van der Waals surface area (Å²) < 4.78 is 18.4. The van der Waals surface area contributed by atoms with Gasteiger partial charge in [-0.05, 0) is 61.1 Å². The molecule has 1 aliphatic rings. The molecule has 0 aromatic heterocycles. The molecule has 0 unspecified atom stereocenters. The first-order chi connectivity index (χ1) is 14.4. The van der Waals surface area contributed by atoms with Crippen LogP contribution in [0.15, 0.2) is 42.5 Å². The molecular formula is C23H25FN2O4. The van der Waals surface area contributed by atoms with Crippen molar-refractivity contribution < 1.29 is 23.5 Å². The Morgan fingerprint density at radius 2 is 1.77 bits per heavy atom. The highest BCUT2D eigenvalue weighted by molar-refractivity contribution is 6.42. The lowest BCUT2D eigenvalue weighted by molar-refractivity contribution is -0.116. The summed E-state index contributed by atoms with van der Waals surface area (Å²) in [4.78, 5) is 38.6. The molecule has 1 N–H and O–H groups in total. The smallest absolute Gasteiger partial charge is 0.292 e. The maximum atomic E-state index is 13.1. The van der Waals surface area contributed by atoms with Gasteiger partial charge in [0.15, 0.2) is 0 Å². The lowest BCUT2D eigenvalue weighted by Gasteiger charge is -2.32. The summed E-state index contributed by atoms with van der Waals surface area (Å²) in [6.07, 6.45) is 2.52. The number of nitrogens with one attached hydrogen (secondary N) is 1. The molecule has 0 aliphatic carbocycles. The minimum absolute atomic E-state index is 0.143. The number of rotatable bonds is 6. The Morgan fingerprint density at radius 1 is 1.10 bits per heavy atom. The third kappa shape index (κ3) is 4.84. The van der Waals surface area contributed by atoms with Gasteiger partial charge in [-0.2, -0.15) is 0 Å². The van der Waals surface area contributed by atoms with E-state index in [4.69, 9.17) is 4.74 Å². The van der Waals surface area contributed by atoms with Crippen LogP contribution in [0.5, 0.6) is 5.75 Å². The summed E-state index contributed by atoms with van der Waals surface area (Å²) in [5, 5.41) is 2.30. The number of carbonyl (C=O) groups is 3. The predicted octanol–water partition coefficient (Wildman–Crippen LogP) is 2.86. The Bertz CT molecular complexity index is 935. The number of methoxy groups -OCH3 is 1. The van der Waals surface area contributed by atoms with E-state index in [1.165, 1.54) is 44.5 Å². The number of Topliss-reactive ketones (excluding diaryl/α,β-unsaturated/α-hetero) is 1. The lowest BCUT2D eigenvalue weighted by atomic mass is 9.90. The Labute approximate surface area is 175 Å². The molecule has 2 aromatic carbocycles. The van der Waals surface area contributed by atoms with Crippen LogP contribution in [0.3, 0.4) is 0 Å². The van der Waals surface area contributed by atoms with Gasteiger partial charge in [0, 0.05) is 25.7 Å². The Kier molecular flexibility index (Phi) is 6.82. The van der Waals surface area contributed by atoms with Gasteiger partial charge in [-0.25, -0.2) is 4.39 Å². The van der Waals surface area contributed by atoms with Crippen LogP contribution in [0.4, 0.5) is 4.39 Å². The van der Waals surface area contributed by atoms with Crippen molar-refractivity contribution in [1.29, 1.82) is 0 Å². The van der Waals surface area contributed by atoms with Crippen molar-refractivity contribution in [2.45, 2.75) is 19.3 Å². The summed E-state index contributed by atoms with van der Waals surface area (Å²) in [7, 11) is 2.84. The molecule has 2 aromatic rings. The summed E-state index contributed by atoms with van der Waals surface area (Å²) in [5.41, 5.74) is 1.50. The molecule has 0 radical (unpaired) electrons. The van der Waals surface area contributed by atoms with Gasteiger partial charge in [0.1, 0.15) is 11.6 Å². The molecule has 1 fully saturated rings. The van der Waals surface area contributed by atoms with Crippen molar-refractivity contribution in [1.82, 2.24) is 10.2 Å². The fourth-order valence-electron chi connectivity index (χ4n) is 3.73. The SMILES string of the molecule is CNC(=O)C(=O)c1ccc(OC)c(C(=O)N2CCC(Cc3ccc(F)cc3)CC2)c1. The van der Waals surface area contributed by atoms with Gasteiger partial charge in [-0.1, -0.05) is 12.1 Å². The molecule has 3 rings (SSSR count). The fourth-order valence-corrected chi connectivity index (χ4v) is 3.73. The van der Waals surface area contributed by atoms with Gasteiger partial charge >= 0.3 is 0 Å². The van der Waals surface area contributed by atoms with Crippen molar-refractivity contribution in [3.63, 3.8) is 0 Å². The quantitative estimate of drug-likeness (QED) is 0.585. The molecule has 0 atom stereocenters. The van der Waals surface area contributed by atoms with Crippen molar-refractivity contribution >= 4 is 17.6 Å². The van der Waals surface area contributed by atoms with Crippen molar-refractivity contribution in [2.75, 3.05) is 27.2 Å². The number of hydrogen-bond donors (Lipinski definition) is 1. The van der Waals surface area contributed by atoms with Gasteiger partial charge in [0.05, 0.1) is 12.7 Å². The van der Waals surface area contributed by atoms with Crippen LogP contribution in [-0.4, -0.2) is 49.7 Å². The number of carbonyl (C=O) groups excluding carboxylic acids is 3. The summed E-state index contributed by atoms with van der Waals surface area (Å²) >= 11 is 0. The van der Waals surface area contributed by atoms with Crippen molar-refractivity contribution in [3.05, 3.63) is 65.0 Å². The molecule has 1 saturated heterocycles. The third-order valence-corrected chi connectivity index (χ3v) is 5.46. The van der Waals surface area contributed by atoms with E-state index in [0.717, 1.165) is 24.8 Å². The number of likely N-dealkylation sites (tertiary alicyclic amines) is 1. The molecule has 1 aliphatic heterocycles. The second-order valence-electron chi connectivity index (χ2n) is 7.39. The zero-order chi connectivity index (χ0) is 21.7. The van der Waals surface area contributed by atoms with E-state index in [-0.39, 0.29) is 22.9 Å². The Balaban J connectivity index is 1.68. The second kappa shape index (κ2) is 9.52. The lowest BCUT2D eigenvalue weighted by Crippen LogP contribution is -2.39. The van der Waals surface area contributed by atoms with Crippen LogP contribution >= 0.6 is 0 Å². The second-order valence-corrected chi connectivity index (χ2v) is 7.39. The zero-order valence-corrected chi connectivity index (χ0v) is 17.1. The van der Waals surface area contributed by atoms with E-state index >= 15 is 0 Å². The maximum Gasteiger partial charge on any atom is 0.292 e. The molecule has 1 heterocycles. The number of ether oxygens (including phenoxy) is 1. The fraction of sp³-hybridized carbons (Fsp3) is 0.348. The standard InChI is InChI=1S/C23H25FN2O4/c1-25-22(28)21(27)17-5-8-20(30-2)19(14-17)23(29)26-11-9-16(10-12-26)13-15-3-6-18(24)7-4-15/h3-8,14,16H,9-13H2,1-2H3,(H,25,28). The van der Waals surface area contributed by atoms with Crippen LogP contribution in [0.1, 0.15) is 39.1 Å². The maximum absolute atomic E-state index is 13.1. The monoisotopic (exact) mass is 412 g/mol. The van der Waals surface area contributed by atoms with Crippen molar-refractivity contribution in [2.24, 2.45) is 5.92 Å². The third-order valence-electron chi connectivity index (χ3n) is 5.46. The average Bonchev–Trinajstić information content (AvgIpc) is 2.79. The summed E-state index contributed by atoms with van der Waals surface area (Å²) in [5.74, 6) is -1.12. The zero-order valence-electron chi connectivity index (χ0n) is 17.1. The van der Waals surface area contributed by atoms with Crippen LogP contribution in [-0.2, 0) is 11.2 Å². The minimum Gasteiger partial charge on any atom is -0.496 e. The van der Waals surface area contributed by atoms with Crippen LogP contribution in [0.2, 0.25) is 0 Å². The van der Waals surface area contributed by atoms with Gasteiger partial charge in [-0.3, -0.25) is 14.4 Å². The number of amides is 2. The topological polar surface area (TPSA) is 75.7 Å². The molecule has 0 spiro atoms. The molecule has 0 saturated carbocycles. The molecule has 30 heavy (non-hydrogen) atoms. The van der Waals surface area contributed by atoms with Crippen LogP contribution in [0.25, 0.3) is 0 Å². The molecule has 2 amide bonds. The molecule has 0 bridgehead atoms. The average molecular weight is 412 g/mol. The minimum atomic E-state index is -0.736. The normalized spacial score (nSPS) is 14.3. The Hall–Kier alpha value is -3.22. The van der Waals surface area contributed by atoms with Gasteiger partial charge in [0.25, 0.3) is 11.8 Å². The van der Waals surface area contributed by atoms with E-state index in [0.29, 0.717) is 24.8 Å². The number of benzene rings is 2. The molecule has 6 nitrogen and oxygen atoms in total. The first-order valence-corrected chi connectivity index (χ1v) is 9.91. The highest BCUT2D eigenvalue weighted by Gasteiger charge is 2.27. The van der Waals surface area contributed by atoms with E-state index in [1.807, 2.05) is 0 Å². The van der Waals surface area contributed by atoms with E-state index < -0.39 is 11.7 Å². The number of halogens is 1. The van der Waals surface area contributed by atoms with E-state index in [1.54, 1.807) is 17.0 Å². The highest BCUT2D eigenvalue weighted by Crippen LogP contribution is 2.26. The number of piperidine rings is 1. The first-order valence-electron chi connectivity index (χ1n) is 9.91. The summed E-state index contributed by atoms with van der Waals surface area (Å²) in [6.45, 7) is 1.17. The number of nitrogens with zero attached hydrogens (tertiary/aromatic N) is 1. The van der Waals surface area contributed by atoms with Gasteiger partial charge < -0.3 is 15.0 Å². The number of hydrogen-bond acceptors (Lipinski definition) is 4. The van der Waals surface area contributed by atoms with Crippen molar-refractivity contribution in [3.8, 4) is 5.75 Å². The Morgan fingerprint density at radius 3 is 2.37 bits per heavy atom. The van der Waals surface area contributed by atoms with E-state index in [9.17, 15) is 18.8 Å². The predicted molar refractivity (Wildman–Crippen MR) is 110 cm³/mol. The highest BCUT2D eigenvalue weighted by atomic mass is 19.1. The number of likely N-dealkylation sites (N-methyl/N-ethyl adjacent to an activating group) is 1. The molecule has 158 valence electrons. The van der Waals surface area contributed by atoms with E-state index in [2.05, 4.69) is 5.32 Å². The number of ketones is 1. The molecular weight excluding hydrogens is 387 g/mol. The first kappa shape index (κ1) is 21.5. The molecule has 7 heteroatoms. The van der Waals surface area contributed by atoms with Gasteiger partial charge in [-0.15, -0.1) is 0 Å².